The Morgan fingerprint density at radius 2 is 1.83 bits per heavy atom. The van der Waals surface area contributed by atoms with Crippen LogP contribution in [-0.4, -0.2) is 21.2 Å². The van der Waals surface area contributed by atoms with E-state index in [1.165, 1.54) is 4.52 Å². The van der Waals surface area contributed by atoms with E-state index in [9.17, 15) is 9.59 Å². The van der Waals surface area contributed by atoms with E-state index in [1.54, 1.807) is 6.08 Å². The Balaban J connectivity index is 1.67. The van der Waals surface area contributed by atoms with Gasteiger partial charge in [0.15, 0.2) is 0 Å². The minimum Gasteiger partial charge on any atom is -0.494 e. The number of fused-ring (bicyclic) bond motifs is 1. The zero-order valence-corrected chi connectivity index (χ0v) is 16.7. The molecule has 4 aromatic rings. The lowest BCUT2D eigenvalue weighted by atomic mass is 10.1. The summed E-state index contributed by atoms with van der Waals surface area (Å²) in [5, 5.41) is 4.29. The first-order valence-corrected chi connectivity index (χ1v) is 10.2. The fourth-order valence-electron chi connectivity index (χ4n) is 2.87. The Labute approximate surface area is 170 Å². The quantitative estimate of drug-likeness (QED) is 0.493. The van der Waals surface area contributed by atoms with E-state index in [-0.39, 0.29) is 11.3 Å². The third-order valence-electron chi connectivity index (χ3n) is 4.32. The number of aromatic nitrogens is 3. The van der Waals surface area contributed by atoms with Gasteiger partial charge in [0.25, 0.3) is 11.1 Å². The molecule has 0 aliphatic heterocycles. The normalized spacial score (nSPS) is 11.8. The predicted molar refractivity (Wildman–Crippen MR) is 114 cm³/mol. The summed E-state index contributed by atoms with van der Waals surface area (Å²) in [7, 11) is 0. The van der Waals surface area contributed by atoms with E-state index in [0.29, 0.717) is 22.5 Å². The van der Waals surface area contributed by atoms with Crippen LogP contribution < -0.4 is 20.4 Å². The van der Waals surface area contributed by atoms with Gasteiger partial charge in [0.2, 0.25) is 4.96 Å². The Kier molecular flexibility index (Phi) is 5.48. The number of rotatable bonds is 6. The number of benzene rings is 2. The molecule has 0 N–H and O–H groups in total. The zero-order chi connectivity index (χ0) is 20.2. The second-order valence-electron chi connectivity index (χ2n) is 6.55. The summed E-state index contributed by atoms with van der Waals surface area (Å²) in [6, 6.07) is 17.1. The summed E-state index contributed by atoms with van der Waals surface area (Å²) >= 11 is 1.16. The summed E-state index contributed by atoms with van der Waals surface area (Å²) in [6.45, 7) is 2.71. The van der Waals surface area contributed by atoms with Crippen LogP contribution in [0.1, 0.15) is 30.2 Å². The van der Waals surface area contributed by atoms with E-state index in [4.69, 9.17) is 4.74 Å². The average molecular weight is 405 g/mol. The maximum Gasteiger partial charge on any atom is 0.296 e. The van der Waals surface area contributed by atoms with Gasteiger partial charge in [0, 0.05) is 6.42 Å². The number of thiazole rings is 1. The molecular formula is C22H19N3O3S. The van der Waals surface area contributed by atoms with Crippen molar-refractivity contribution in [3.8, 4) is 5.75 Å². The molecule has 0 amide bonds. The predicted octanol–water partition coefficient (Wildman–Crippen LogP) is 2.44. The molecule has 0 saturated heterocycles. The first kappa shape index (κ1) is 19.0. The van der Waals surface area contributed by atoms with E-state index < -0.39 is 5.56 Å². The Morgan fingerprint density at radius 1 is 1.07 bits per heavy atom. The molecule has 29 heavy (non-hydrogen) atoms. The van der Waals surface area contributed by atoms with Crippen molar-refractivity contribution in [2.24, 2.45) is 0 Å². The Hall–Kier alpha value is -3.32. The highest BCUT2D eigenvalue weighted by Gasteiger charge is 2.12. The molecule has 6 nitrogen and oxygen atoms in total. The highest BCUT2D eigenvalue weighted by molar-refractivity contribution is 7.15. The van der Waals surface area contributed by atoms with Gasteiger partial charge in [-0.25, -0.2) is 0 Å². The fourth-order valence-corrected chi connectivity index (χ4v) is 3.77. The monoisotopic (exact) mass is 405 g/mol. The van der Waals surface area contributed by atoms with E-state index in [0.717, 1.165) is 34.6 Å². The summed E-state index contributed by atoms with van der Waals surface area (Å²) in [6.07, 6.45) is 3.02. The molecule has 7 heteroatoms. The molecule has 0 radical (unpaired) electrons. The van der Waals surface area contributed by atoms with E-state index in [1.807, 2.05) is 61.5 Å². The van der Waals surface area contributed by atoms with Gasteiger partial charge in [-0.2, -0.15) is 14.6 Å². The summed E-state index contributed by atoms with van der Waals surface area (Å²) in [5.41, 5.74) is 1.37. The summed E-state index contributed by atoms with van der Waals surface area (Å²) in [4.78, 5) is 29.5. The number of hydrogen-bond acceptors (Lipinski definition) is 6. The van der Waals surface area contributed by atoms with Crippen molar-refractivity contribution in [2.75, 3.05) is 6.61 Å². The van der Waals surface area contributed by atoms with E-state index >= 15 is 0 Å². The first-order valence-electron chi connectivity index (χ1n) is 9.35. The van der Waals surface area contributed by atoms with Crippen LogP contribution in [-0.2, 0) is 6.42 Å². The van der Waals surface area contributed by atoms with Gasteiger partial charge in [0.05, 0.1) is 11.1 Å². The van der Waals surface area contributed by atoms with Crippen LogP contribution in [0.5, 0.6) is 5.75 Å². The smallest absolute Gasteiger partial charge is 0.296 e. The fraction of sp³-hybridized carbons (Fsp3) is 0.182. The molecule has 4 rings (SSSR count). The maximum absolute atomic E-state index is 12.7. The van der Waals surface area contributed by atoms with Crippen LogP contribution in [0.15, 0.2) is 64.2 Å². The van der Waals surface area contributed by atoms with Crippen molar-refractivity contribution < 1.29 is 4.74 Å². The molecule has 2 aromatic heterocycles. The Bertz CT molecular complexity index is 1300. The lowest BCUT2D eigenvalue weighted by molar-refractivity contribution is 0.317. The van der Waals surface area contributed by atoms with Crippen LogP contribution in [0.2, 0.25) is 0 Å². The van der Waals surface area contributed by atoms with Crippen molar-refractivity contribution in [2.45, 2.75) is 19.8 Å². The summed E-state index contributed by atoms with van der Waals surface area (Å²) in [5.74, 6) is 0.787. The van der Waals surface area contributed by atoms with E-state index in [2.05, 4.69) is 10.1 Å². The third-order valence-corrected chi connectivity index (χ3v) is 5.27. The van der Waals surface area contributed by atoms with Crippen LogP contribution in [0.25, 0.3) is 11.0 Å². The van der Waals surface area contributed by atoms with Gasteiger partial charge >= 0.3 is 0 Å². The standard InChI is InChI=1S/C22H19N3O3S/c1-2-12-28-17-10-8-16(9-11-17)13-18-20(26)23-22-25(24-18)21(27)19(29-22)14-15-6-4-3-5-7-15/h3-11,14H,2,12-13H2,1H3/b19-14-. The molecule has 2 aromatic carbocycles. The van der Waals surface area contributed by atoms with Gasteiger partial charge in [-0.1, -0.05) is 60.7 Å². The Morgan fingerprint density at radius 3 is 2.55 bits per heavy atom. The number of hydrogen-bond donors (Lipinski definition) is 0. The molecule has 0 atom stereocenters. The third kappa shape index (κ3) is 4.25. The van der Waals surface area contributed by atoms with Crippen molar-refractivity contribution in [1.29, 1.82) is 0 Å². The zero-order valence-electron chi connectivity index (χ0n) is 15.9. The molecule has 0 aliphatic rings. The topological polar surface area (TPSA) is 73.6 Å². The van der Waals surface area contributed by atoms with Crippen LogP contribution in [0.4, 0.5) is 0 Å². The average Bonchev–Trinajstić information content (AvgIpc) is 3.03. The summed E-state index contributed by atoms with van der Waals surface area (Å²) < 4.78 is 7.28. The largest absolute Gasteiger partial charge is 0.494 e. The van der Waals surface area contributed by atoms with Gasteiger partial charge in [-0.05, 0) is 35.8 Å². The second-order valence-corrected chi connectivity index (χ2v) is 7.56. The molecule has 0 saturated carbocycles. The second kappa shape index (κ2) is 8.36. The molecule has 0 fully saturated rings. The van der Waals surface area contributed by atoms with Crippen molar-refractivity contribution in [1.82, 2.24) is 14.6 Å². The lowest BCUT2D eigenvalue weighted by Gasteiger charge is -2.05. The minimum atomic E-state index is -0.413. The van der Waals surface area contributed by atoms with Gasteiger partial charge in [-0.3, -0.25) is 9.59 Å². The van der Waals surface area contributed by atoms with Crippen molar-refractivity contribution in [3.05, 3.63) is 96.7 Å². The van der Waals surface area contributed by atoms with Crippen molar-refractivity contribution >= 4 is 22.4 Å². The molecule has 0 bridgehead atoms. The highest BCUT2D eigenvalue weighted by atomic mass is 32.1. The molecule has 0 unspecified atom stereocenters. The molecule has 2 heterocycles. The number of ether oxygens (including phenoxy) is 1. The van der Waals surface area contributed by atoms with Gasteiger partial charge < -0.3 is 4.74 Å². The molecule has 146 valence electrons. The van der Waals surface area contributed by atoms with Gasteiger partial charge in [-0.15, -0.1) is 0 Å². The van der Waals surface area contributed by atoms with Crippen LogP contribution in [0.3, 0.4) is 0 Å². The first-order chi connectivity index (χ1) is 14.1. The lowest BCUT2D eigenvalue weighted by Crippen LogP contribution is -2.28. The SMILES string of the molecule is CCCOc1ccc(Cc2nn3c(=O)/c(=C/c4ccccc4)sc3nc2=O)cc1. The molecule has 0 aliphatic carbocycles. The van der Waals surface area contributed by atoms with Gasteiger partial charge in [0.1, 0.15) is 11.4 Å². The van der Waals surface area contributed by atoms with Crippen LogP contribution >= 0.6 is 11.3 Å². The van der Waals surface area contributed by atoms with Crippen molar-refractivity contribution in [3.63, 3.8) is 0 Å². The van der Waals surface area contributed by atoms with Crippen LogP contribution in [0, 0.1) is 0 Å². The number of nitrogens with zero attached hydrogens (tertiary/aromatic N) is 3. The molecular weight excluding hydrogens is 386 g/mol. The maximum atomic E-state index is 12.7. The minimum absolute atomic E-state index is 0.242. The highest BCUT2D eigenvalue weighted by Crippen LogP contribution is 2.14. The molecule has 0 spiro atoms.